The highest BCUT2D eigenvalue weighted by Crippen LogP contribution is 2.22. The summed E-state index contributed by atoms with van der Waals surface area (Å²) in [6.45, 7) is 3.46. The maximum Gasteiger partial charge on any atom is 0.328 e. The van der Waals surface area contributed by atoms with Crippen molar-refractivity contribution in [2.75, 3.05) is 0 Å². The topological polar surface area (TPSA) is 95.8 Å². The van der Waals surface area contributed by atoms with Crippen LogP contribution in [0.2, 0.25) is 0 Å². The predicted molar refractivity (Wildman–Crippen MR) is 69.5 cm³/mol. The molecule has 1 heterocycles. The smallest absolute Gasteiger partial charge is 0.328 e. The summed E-state index contributed by atoms with van der Waals surface area (Å²) in [6, 6.07) is 5.24. The summed E-state index contributed by atoms with van der Waals surface area (Å²) < 4.78 is 25.9. The van der Waals surface area contributed by atoms with Crippen molar-refractivity contribution in [2.24, 2.45) is 4.99 Å². The van der Waals surface area contributed by atoms with Gasteiger partial charge in [0.2, 0.25) is 0 Å². The normalized spacial score (nSPS) is 19.5. The Morgan fingerprint density at radius 1 is 1.47 bits per heavy atom. The van der Waals surface area contributed by atoms with Gasteiger partial charge in [-0.3, -0.25) is 9.71 Å². The van der Waals surface area contributed by atoms with Crippen LogP contribution in [0, 0.1) is 0 Å². The highest BCUT2D eigenvalue weighted by Gasteiger charge is 2.31. The van der Waals surface area contributed by atoms with Crippen molar-refractivity contribution in [2.45, 2.75) is 17.4 Å². The van der Waals surface area contributed by atoms with Crippen LogP contribution in [0.3, 0.4) is 0 Å². The first-order valence-corrected chi connectivity index (χ1v) is 6.98. The van der Waals surface area contributed by atoms with Crippen LogP contribution in [-0.2, 0) is 14.8 Å². The van der Waals surface area contributed by atoms with E-state index in [0.717, 1.165) is 0 Å². The largest absolute Gasteiger partial charge is 0.480 e. The first-order valence-electron chi connectivity index (χ1n) is 5.49. The third kappa shape index (κ3) is 2.50. The number of carboxylic acids is 1. The molecule has 1 atom stereocenters. The van der Waals surface area contributed by atoms with Crippen LogP contribution in [0.1, 0.15) is 12.0 Å². The molecule has 1 aliphatic heterocycles. The van der Waals surface area contributed by atoms with Crippen LogP contribution < -0.4 is 4.72 Å². The summed E-state index contributed by atoms with van der Waals surface area (Å²) in [7, 11) is -3.64. The van der Waals surface area contributed by atoms with Crippen molar-refractivity contribution in [3.8, 4) is 0 Å². The second kappa shape index (κ2) is 4.85. The first-order chi connectivity index (χ1) is 8.95. The van der Waals surface area contributed by atoms with Gasteiger partial charge in [0.15, 0.2) is 6.04 Å². The number of sulfonamides is 1. The molecule has 0 radical (unpaired) electrons. The van der Waals surface area contributed by atoms with E-state index in [-0.39, 0.29) is 17.2 Å². The lowest BCUT2D eigenvalue weighted by Gasteiger charge is -2.06. The van der Waals surface area contributed by atoms with E-state index in [1.165, 1.54) is 12.1 Å². The van der Waals surface area contributed by atoms with Gasteiger partial charge in [0, 0.05) is 5.56 Å². The van der Waals surface area contributed by atoms with Gasteiger partial charge in [-0.05, 0) is 18.6 Å². The molecule has 1 aromatic carbocycles. The standard InChI is InChI=1S/C12H12N2O4S/c1-2-5-9(12(15)16)13-11-8-6-3-4-7-10(8)19(17,18)14-11/h2-4,6-7,9H,1,5H2,(H,13,14)(H,15,16). The third-order valence-corrected chi connectivity index (χ3v) is 4.02. The average Bonchev–Trinajstić information content (AvgIpc) is 2.61. The Balaban J connectivity index is 2.48. The predicted octanol–water partition coefficient (Wildman–Crippen LogP) is 0.754. The van der Waals surface area contributed by atoms with Crippen molar-refractivity contribution >= 4 is 21.8 Å². The van der Waals surface area contributed by atoms with Gasteiger partial charge in [-0.1, -0.05) is 18.2 Å². The molecule has 0 saturated carbocycles. The molecule has 100 valence electrons. The van der Waals surface area contributed by atoms with E-state index in [1.54, 1.807) is 18.2 Å². The molecule has 0 saturated heterocycles. The molecule has 1 aliphatic rings. The van der Waals surface area contributed by atoms with Crippen LogP contribution in [-0.4, -0.2) is 31.4 Å². The maximum absolute atomic E-state index is 11.8. The van der Waals surface area contributed by atoms with E-state index >= 15 is 0 Å². The molecule has 0 amide bonds. The van der Waals surface area contributed by atoms with Gasteiger partial charge < -0.3 is 5.11 Å². The molecule has 0 spiro atoms. The van der Waals surface area contributed by atoms with Gasteiger partial charge in [0.1, 0.15) is 5.84 Å². The zero-order chi connectivity index (χ0) is 14.0. The number of carboxylic acid groups (broad SMARTS) is 1. The fourth-order valence-corrected chi connectivity index (χ4v) is 2.99. The van der Waals surface area contributed by atoms with Gasteiger partial charge >= 0.3 is 5.97 Å². The summed E-state index contributed by atoms with van der Waals surface area (Å²) in [4.78, 5) is 15.1. The van der Waals surface area contributed by atoms with E-state index in [4.69, 9.17) is 5.11 Å². The Hall–Kier alpha value is -2.15. The molecule has 2 N–H and O–H groups in total. The molecular formula is C12H12N2O4S. The number of nitrogens with one attached hydrogen (secondary N) is 1. The number of carbonyl (C=O) groups is 1. The number of fused-ring (bicyclic) bond motifs is 1. The fraction of sp³-hybridized carbons (Fsp3) is 0.167. The second-order valence-electron chi connectivity index (χ2n) is 3.96. The van der Waals surface area contributed by atoms with Gasteiger partial charge in [-0.25, -0.2) is 13.2 Å². The second-order valence-corrected chi connectivity index (χ2v) is 5.61. The minimum absolute atomic E-state index is 0.0600. The number of amidine groups is 1. The Bertz CT molecular complexity index is 664. The van der Waals surface area contributed by atoms with Crippen molar-refractivity contribution in [3.05, 3.63) is 42.5 Å². The van der Waals surface area contributed by atoms with Crippen molar-refractivity contribution < 1.29 is 18.3 Å². The number of aliphatic carboxylic acids is 1. The number of nitrogens with zero attached hydrogens (tertiary/aromatic N) is 1. The molecule has 1 aromatic rings. The van der Waals surface area contributed by atoms with Gasteiger partial charge in [-0.2, -0.15) is 0 Å². The SMILES string of the molecule is C=CCC(N=C1NS(=O)(=O)c2ccccc21)C(=O)O. The zero-order valence-corrected chi connectivity index (χ0v) is 10.7. The summed E-state index contributed by atoms with van der Waals surface area (Å²) in [5.41, 5.74) is 0.387. The summed E-state index contributed by atoms with van der Waals surface area (Å²) in [6.07, 6.45) is 1.56. The first kappa shape index (κ1) is 13.3. The van der Waals surface area contributed by atoms with E-state index in [0.29, 0.717) is 5.56 Å². The van der Waals surface area contributed by atoms with Crippen LogP contribution in [0.5, 0.6) is 0 Å². The minimum Gasteiger partial charge on any atom is -0.480 e. The number of benzene rings is 1. The summed E-state index contributed by atoms with van der Waals surface area (Å²) in [5.74, 6) is -1.07. The maximum atomic E-state index is 11.8. The van der Waals surface area contributed by atoms with E-state index in [2.05, 4.69) is 16.3 Å². The molecule has 19 heavy (non-hydrogen) atoms. The molecule has 0 aliphatic carbocycles. The Kier molecular flexibility index (Phi) is 3.39. The molecule has 2 rings (SSSR count). The van der Waals surface area contributed by atoms with Gasteiger partial charge in [0.25, 0.3) is 10.0 Å². The van der Waals surface area contributed by atoms with Crippen LogP contribution in [0.4, 0.5) is 0 Å². The highest BCUT2D eigenvalue weighted by molar-refractivity contribution is 7.90. The lowest BCUT2D eigenvalue weighted by atomic mass is 10.2. The van der Waals surface area contributed by atoms with Gasteiger partial charge in [-0.15, -0.1) is 6.58 Å². The monoisotopic (exact) mass is 280 g/mol. The number of hydrogen-bond donors (Lipinski definition) is 2. The van der Waals surface area contributed by atoms with E-state index in [1.807, 2.05) is 0 Å². The molecule has 1 unspecified atom stereocenters. The summed E-state index contributed by atoms with van der Waals surface area (Å²) >= 11 is 0. The third-order valence-electron chi connectivity index (χ3n) is 2.62. The van der Waals surface area contributed by atoms with E-state index < -0.39 is 22.0 Å². The Morgan fingerprint density at radius 3 is 2.79 bits per heavy atom. The highest BCUT2D eigenvalue weighted by atomic mass is 32.2. The molecule has 7 heteroatoms. The van der Waals surface area contributed by atoms with Crippen molar-refractivity contribution in [3.63, 3.8) is 0 Å². The van der Waals surface area contributed by atoms with E-state index in [9.17, 15) is 13.2 Å². The van der Waals surface area contributed by atoms with Crippen molar-refractivity contribution in [1.29, 1.82) is 0 Å². The molecule has 0 fully saturated rings. The quantitative estimate of drug-likeness (QED) is 0.796. The van der Waals surface area contributed by atoms with Gasteiger partial charge in [0.05, 0.1) is 4.90 Å². The van der Waals surface area contributed by atoms with Crippen LogP contribution >= 0.6 is 0 Å². The minimum atomic E-state index is -3.64. The Labute approximate surface area is 110 Å². The molecular weight excluding hydrogens is 268 g/mol. The fourth-order valence-electron chi connectivity index (χ4n) is 1.75. The zero-order valence-electron chi connectivity index (χ0n) is 9.91. The van der Waals surface area contributed by atoms with Crippen LogP contribution in [0.15, 0.2) is 46.8 Å². The lowest BCUT2D eigenvalue weighted by molar-refractivity contribution is -0.138. The summed E-state index contributed by atoms with van der Waals surface area (Å²) in [5, 5.41) is 9.01. The number of hydrogen-bond acceptors (Lipinski definition) is 4. The van der Waals surface area contributed by atoms with Crippen LogP contribution in [0.25, 0.3) is 0 Å². The number of rotatable bonds is 4. The molecule has 0 aromatic heterocycles. The molecule has 0 bridgehead atoms. The average molecular weight is 280 g/mol. The number of aliphatic imine (C=N–C) groups is 1. The molecule has 6 nitrogen and oxygen atoms in total. The Morgan fingerprint density at radius 2 is 2.16 bits per heavy atom. The lowest BCUT2D eigenvalue weighted by Crippen LogP contribution is -2.26. The van der Waals surface area contributed by atoms with Crippen molar-refractivity contribution in [1.82, 2.24) is 4.72 Å².